The van der Waals surface area contributed by atoms with Crippen molar-refractivity contribution in [2.75, 3.05) is 13.2 Å². The van der Waals surface area contributed by atoms with E-state index in [-0.39, 0.29) is 12.0 Å². The number of ether oxygens (including phenoxy) is 1. The maximum absolute atomic E-state index is 12.2. The van der Waals surface area contributed by atoms with E-state index in [2.05, 4.69) is 0 Å². The minimum Gasteiger partial charge on any atom is -0.481 e. The van der Waals surface area contributed by atoms with Gasteiger partial charge in [-0.15, -0.1) is 0 Å². The summed E-state index contributed by atoms with van der Waals surface area (Å²) in [5.41, 5.74) is -0.0447. The number of alkyl halides is 3. The smallest absolute Gasteiger partial charge is 0.404 e. The van der Waals surface area contributed by atoms with E-state index < -0.39 is 24.7 Å². The van der Waals surface area contributed by atoms with E-state index >= 15 is 0 Å². The van der Waals surface area contributed by atoms with Gasteiger partial charge in [0, 0.05) is 6.61 Å². The highest BCUT2D eigenvalue weighted by Crippen LogP contribution is 2.27. The van der Waals surface area contributed by atoms with Crippen LogP contribution in [0.3, 0.4) is 0 Å². The summed E-state index contributed by atoms with van der Waals surface area (Å²) in [6.07, 6.45) is -4.18. The SMILES string of the molecule is CC(C)(C)CCOCC(C(=O)O)C(F)(F)F. The second-order valence-corrected chi connectivity index (χ2v) is 4.82. The van der Waals surface area contributed by atoms with Gasteiger partial charge in [-0.2, -0.15) is 13.2 Å². The van der Waals surface area contributed by atoms with Gasteiger partial charge in [-0.3, -0.25) is 4.79 Å². The van der Waals surface area contributed by atoms with Gasteiger partial charge in [-0.25, -0.2) is 0 Å². The van der Waals surface area contributed by atoms with E-state index in [1.807, 2.05) is 20.8 Å². The van der Waals surface area contributed by atoms with E-state index in [4.69, 9.17) is 9.84 Å². The van der Waals surface area contributed by atoms with Crippen molar-refractivity contribution in [3.8, 4) is 0 Å². The van der Waals surface area contributed by atoms with E-state index in [1.54, 1.807) is 0 Å². The molecule has 16 heavy (non-hydrogen) atoms. The van der Waals surface area contributed by atoms with Crippen molar-refractivity contribution in [2.45, 2.75) is 33.4 Å². The third-order valence-corrected chi connectivity index (χ3v) is 1.97. The molecule has 1 unspecified atom stereocenters. The molecule has 0 amide bonds. The predicted octanol–water partition coefficient (Wildman–Crippen LogP) is 2.70. The molecular weight excluding hydrogens is 225 g/mol. The molecule has 0 bridgehead atoms. The summed E-state index contributed by atoms with van der Waals surface area (Å²) in [5, 5.41) is 8.37. The van der Waals surface area contributed by atoms with Crippen LogP contribution in [0.4, 0.5) is 13.2 Å². The van der Waals surface area contributed by atoms with Crippen LogP contribution in [-0.4, -0.2) is 30.5 Å². The Labute approximate surface area is 92.6 Å². The fourth-order valence-corrected chi connectivity index (χ4v) is 0.885. The molecule has 0 saturated heterocycles. The van der Waals surface area contributed by atoms with Crippen LogP contribution >= 0.6 is 0 Å². The number of carboxylic acids is 1. The first-order valence-electron chi connectivity index (χ1n) is 4.91. The number of hydrogen-bond donors (Lipinski definition) is 1. The molecule has 0 aliphatic heterocycles. The Bertz CT molecular complexity index is 230. The number of carboxylic acid groups (broad SMARTS) is 1. The molecule has 96 valence electrons. The lowest BCUT2D eigenvalue weighted by atomic mass is 9.93. The van der Waals surface area contributed by atoms with Crippen molar-refractivity contribution in [3.05, 3.63) is 0 Å². The predicted molar refractivity (Wildman–Crippen MR) is 52.1 cm³/mol. The minimum atomic E-state index is -4.76. The number of aliphatic carboxylic acids is 1. The number of halogens is 3. The standard InChI is InChI=1S/C10H17F3O3/c1-9(2,3)4-5-16-6-7(8(14)15)10(11,12)13/h7H,4-6H2,1-3H3,(H,14,15). The van der Waals surface area contributed by atoms with Crippen molar-refractivity contribution >= 4 is 5.97 Å². The fraction of sp³-hybridized carbons (Fsp3) is 0.900. The van der Waals surface area contributed by atoms with Crippen LogP contribution in [0, 0.1) is 11.3 Å². The van der Waals surface area contributed by atoms with Gasteiger partial charge in [0.1, 0.15) is 0 Å². The average Bonchev–Trinajstić information content (AvgIpc) is 1.97. The summed E-state index contributed by atoms with van der Waals surface area (Å²) in [6, 6.07) is 0. The van der Waals surface area contributed by atoms with E-state index in [9.17, 15) is 18.0 Å². The molecule has 6 heteroatoms. The largest absolute Gasteiger partial charge is 0.481 e. The van der Waals surface area contributed by atoms with Crippen molar-refractivity contribution in [3.63, 3.8) is 0 Å². The summed E-state index contributed by atoms with van der Waals surface area (Å²) in [6.45, 7) is 5.08. The van der Waals surface area contributed by atoms with Crippen LogP contribution in [0.5, 0.6) is 0 Å². The second-order valence-electron chi connectivity index (χ2n) is 4.82. The topological polar surface area (TPSA) is 46.5 Å². The first-order valence-corrected chi connectivity index (χ1v) is 4.91. The third-order valence-electron chi connectivity index (χ3n) is 1.97. The lowest BCUT2D eigenvalue weighted by Gasteiger charge is -2.20. The molecule has 0 fully saturated rings. The monoisotopic (exact) mass is 242 g/mol. The van der Waals surface area contributed by atoms with Crippen LogP contribution in [0.25, 0.3) is 0 Å². The van der Waals surface area contributed by atoms with Gasteiger partial charge in [0.2, 0.25) is 0 Å². The Morgan fingerprint density at radius 2 is 1.81 bits per heavy atom. The first-order chi connectivity index (χ1) is 7.04. The first kappa shape index (κ1) is 15.2. The Balaban J connectivity index is 4.02. The van der Waals surface area contributed by atoms with E-state index in [1.165, 1.54) is 0 Å². The molecule has 0 aromatic carbocycles. The minimum absolute atomic E-state index is 0.0447. The highest BCUT2D eigenvalue weighted by atomic mass is 19.4. The lowest BCUT2D eigenvalue weighted by Crippen LogP contribution is -2.34. The Hall–Kier alpha value is -0.780. The number of hydrogen-bond acceptors (Lipinski definition) is 2. The Kier molecular flexibility index (Phi) is 5.25. The quantitative estimate of drug-likeness (QED) is 0.754. The van der Waals surface area contributed by atoms with E-state index in [0.717, 1.165) is 0 Å². The molecular formula is C10H17F3O3. The zero-order valence-electron chi connectivity index (χ0n) is 9.60. The van der Waals surface area contributed by atoms with Crippen LogP contribution in [0.1, 0.15) is 27.2 Å². The molecule has 1 atom stereocenters. The fourth-order valence-electron chi connectivity index (χ4n) is 0.885. The lowest BCUT2D eigenvalue weighted by molar-refractivity contribution is -0.203. The summed E-state index contributed by atoms with van der Waals surface area (Å²) in [4.78, 5) is 10.3. The molecule has 0 aliphatic rings. The van der Waals surface area contributed by atoms with Gasteiger partial charge in [0.05, 0.1) is 6.61 Å². The molecule has 0 spiro atoms. The van der Waals surface area contributed by atoms with Gasteiger partial charge in [0.25, 0.3) is 0 Å². The highest BCUT2D eigenvalue weighted by Gasteiger charge is 2.45. The van der Waals surface area contributed by atoms with Gasteiger partial charge in [-0.1, -0.05) is 20.8 Å². The Morgan fingerprint density at radius 3 is 2.12 bits per heavy atom. The average molecular weight is 242 g/mol. The number of carbonyl (C=O) groups is 1. The van der Waals surface area contributed by atoms with Crippen molar-refractivity contribution < 1.29 is 27.8 Å². The van der Waals surface area contributed by atoms with Crippen LogP contribution in [-0.2, 0) is 9.53 Å². The van der Waals surface area contributed by atoms with Crippen molar-refractivity contribution in [1.82, 2.24) is 0 Å². The zero-order chi connectivity index (χ0) is 13.0. The maximum Gasteiger partial charge on any atom is 0.404 e. The maximum atomic E-state index is 12.2. The molecule has 0 aromatic heterocycles. The summed E-state index contributed by atoms with van der Waals surface area (Å²) in [7, 11) is 0. The van der Waals surface area contributed by atoms with Crippen LogP contribution in [0.15, 0.2) is 0 Å². The molecule has 3 nitrogen and oxygen atoms in total. The molecule has 0 rings (SSSR count). The molecule has 0 radical (unpaired) electrons. The summed E-state index contributed by atoms with van der Waals surface area (Å²) < 4.78 is 41.3. The highest BCUT2D eigenvalue weighted by molar-refractivity contribution is 5.71. The van der Waals surface area contributed by atoms with E-state index in [0.29, 0.717) is 6.42 Å². The van der Waals surface area contributed by atoms with Gasteiger partial charge < -0.3 is 9.84 Å². The normalized spacial score (nSPS) is 14.9. The van der Waals surface area contributed by atoms with Crippen LogP contribution < -0.4 is 0 Å². The van der Waals surface area contributed by atoms with Crippen LogP contribution in [0.2, 0.25) is 0 Å². The Morgan fingerprint density at radius 1 is 1.31 bits per heavy atom. The van der Waals surface area contributed by atoms with Gasteiger partial charge >= 0.3 is 12.1 Å². The van der Waals surface area contributed by atoms with Crippen molar-refractivity contribution in [2.24, 2.45) is 11.3 Å². The molecule has 0 saturated carbocycles. The van der Waals surface area contributed by atoms with Gasteiger partial charge in [0.15, 0.2) is 5.92 Å². The summed E-state index contributed by atoms with van der Waals surface area (Å²) >= 11 is 0. The second kappa shape index (κ2) is 5.52. The molecule has 0 aromatic rings. The molecule has 0 heterocycles. The van der Waals surface area contributed by atoms with Gasteiger partial charge in [-0.05, 0) is 11.8 Å². The zero-order valence-corrected chi connectivity index (χ0v) is 9.60. The third kappa shape index (κ3) is 6.66. The molecule has 1 N–H and O–H groups in total. The molecule has 0 aliphatic carbocycles. The van der Waals surface area contributed by atoms with Crippen molar-refractivity contribution in [1.29, 1.82) is 0 Å². The number of rotatable bonds is 5. The summed E-state index contributed by atoms with van der Waals surface area (Å²) in [5.74, 6) is -4.34.